The number of rotatable bonds is 9. The maximum atomic E-state index is 4.29. The van der Waals surface area contributed by atoms with Crippen LogP contribution in [0, 0.1) is 0 Å². The van der Waals surface area contributed by atoms with Crippen molar-refractivity contribution in [1.82, 2.24) is 25.2 Å². The van der Waals surface area contributed by atoms with Gasteiger partial charge in [-0.1, -0.05) is 47.7 Å². The van der Waals surface area contributed by atoms with E-state index in [1.165, 1.54) is 32.1 Å². The molecule has 0 atom stereocenters. The van der Waals surface area contributed by atoms with Crippen molar-refractivity contribution in [2.75, 3.05) is 5.33 Å². The molecule has 0 radical (unpaired) electrons. The lowest BCUT2D eigenvalue weighted by atomic mass is 10.1. The molecule has 2 aromatic rings. The minimum Gasteiger partial charge on any atom is -0.253 e. The monoisotopic (exact) mass is 337 g/mol. The second-order valence-corrected chi connectivity index (χ2v) is 5.54. The minimum absolute atomic E-state index is 0.755. The topological polar surface area (TPSA) is 56.5 Å². The molecular weight excluding hydrogens is 318 g/mol. The van der Waals surface area contributed by atoms with Crippen molar-refractivity contribution in [1.29, 1.82) is 0 Å². The fraction of sp³-hybridized carbons (Fsp3) is 0.571. The van der Waals surface area contributed by atoms with Crippen LogP contribution >= 0.6 is 15.9 Å². The highest BCUT2D eigenvalue weighted by molar-refractivity contribution is 9.09. The van der Waals surface area contributed by atoms with Crippen molar-refractivity contribution in [2.45, 2.75) is 45.1 Å². The van der Waals surface area contributed by atoms with Crippen LogP contribution in [0.2, 0.25) is 0 Å². The molecule has 6 heteroatoms. The highest BCUT2D eigenvalue weighted by Gasteiger charge is 2.08. The van der Waals surface area contributed by atoms with Crippen molar-refractivity contribution >= 4 is 15.9 Å². The number of alkyl halides is 1. The van der Waals surface area contributed by atoms with Gasteiger partial charge in [-0.15, -0.1) is 5.10 Å². The van der Waals surface area contributed by atoms with Crippen LogP contribution in [0.3, 0.4) is 0 Å². The summed E-state index contributed by atoms with van der Waals surface area (Å²) in [4.78, 5) is 4.29. The molecule has 2 aromatic heterocycles. The van der Waals surface area contributed by atoms with Crippen LogP contribution in [-0.4, -0.2) is 30.5 Å². The first-order chi connectivity index (χ1) is 9.92. The summed E-state index contributed by atoms with van der Waals surface area (Å²) in [6.07, 6.45) is 9.29. The van der Waals surface area contributed by atoms with Crippen LogP contribution in [0.5, 0.6) is 0 Å². The van der Waals surface area contributed by atoms with E-state index in [-0.39, 0.29) is 0 Å². The lowest BCUT2D eigenvalue weighted by Crippen LogP contribution is -2.03. The number of aryl methyl sites for hydroxylation is 1. The number of nitrogens with zero attached hydrogens (tertiary/aromatic N) is 5. The van der Waals surface area contributed by atoms with Gasteiger partial charge >= 0.3 is 0 Å². The Hall–Kier alpha value is -1.30. The molecule has 0 N–H and O–H groups in total. The Bertz CT molecular complexity index is 485. The van der Waals surface area contributed by atoms with Crippen molar-refractivity contribution in [3.8, 4) is 11.5 Å². The van der Waals surface area contributed by atoms with Crippen molar-refractivity contribution < 1.29 is 0 Å². The summed E-state index contributed by atoms with van der Waals surface area (Å²) in [5.41, 5.74) is 0.829. The Labute approximate surface area is 127 Å². The molecular formula is C14H20BrN5. The van der Waals surface area contributed by atoms with Crippen LogP contribution < -0.4 is 0 Å². The molecule has 0 amide bonds. The molecule has 0 saturated heterocycles. The van der Waals surface area contributed by atoms with Gasteiger partial charge in [0.05, 0.1) is 0 Å². The molecule has 5 nitrogen and oxygen atoms in total. The zero-order valence-corrected chi connectivity index (χ0v) is 13.2. The summed E-state index contributed by atoms with van der Waals surface area (Å²) in [7, 11) is 0. The Morgan fingerprint density at radius 1 is 1.00 bits per heavy atom. The quantitative estimate of drug-likeness (QED) is 0.519. The fourth-order valence-corrected chi connectivity index (χ4v) is 2.49. The molecule has 0 spiro atoms. The van der Waals surface area contributed by atoms with E-state index in [2.05, 4.69) is 36.4 Å². The van der Waals surface area contributed by atoms with Gasteiger partial charge in [-0.05, 0) is 35.4 Å². The summed E-state index contributed by atoms with van der Waals surface area (Å²) in [6, 6.07) is 5.78. The minimum atomic E-state index is 0.755. The van der Waals surface area contributed by atoms with E-state index in [9.17, 15) is 0 Å². The predicted octanol–water partition coefficient (Wildman–Crippen LogP) is 3.47. The van der Waals surface area contributed by atoms with Crippen LogP contribution in [0.4, 0.5) is 0 Å². The molecule has 0 aromatic carbocycles. The Balaban J connectivity index is 1.76. The van der Waals surface area contributed by atoms with Gasteiger partial charge in [0, 0.05) is 18.1 Å². The molecule has 0 unspecified atom stereocenters. The number of hydrogen-bond donors (Lipinski definition) is 0. The number of pyridine rings is 1. The smallest absolute Gasteiger partial charge is 0.200 e. The third kappa shape index (κ3) is 4.67. The fourth-order valence-electron chi connectivity index (χ4n) is 2.10. The predicted molar refractivity (Wildman–Crippen MR) is 82.5 cm³/mol. The summed E-state index contributed by atoms with van der Waals surface area (Å²) in [5, 5.41) is 13.0. The van der Waals surface area contributed by atoms with Gasteiger partial charge in [0.25, 0.3) is 0 Å². The summed E-state index contributed by atoms with van der Waals surface area (Å²) in [5.74, 6) is 0.755. The van der Waals surface area contributed by atoms with E-state index in [1.807, 2.05) is 22.9 Å². The molecule has 20 heavy (non-hydrogen) atoms. The summed E-state index contributed by atoms with van der Waals surface area (Å²) in [6.45, 7) is 0.858. The molecule has 0 saturated carbocycles. The third-order valence-corrected chi connectivity index (χ3v) is 3.74. The molecule has 2 heterocycles. The van der Waals surface area contributed by atoms with Gasteiger partial charge in [0.15, 0.2) is 0 Å². The molecule has 0 aliphatic carbocycles. The highest BCUT2D eigenvalue weighted by Crippen LogP contribution is 2.13. The third-order valence-electron chi connectivity index (χ3n) is 3.18. The summed E-state index contributed by atoms with van der Waals surface area (Å²) >= 11 is 3.46. The molecule has 0 aliphatic heterocycles. The molecule has 2 rings (SSSR count). The van der Waals surface area contributed by atoms with E-state index in [4.69, 9.17) is 0 Å². The molecule has 108 valence electrons. The summed E-state index contributed by atoms with van der Waals surface area (Å²) < 4.78 is 1.85. The van der Waals surface area contributed by atoms with Crippen LogP contribution in [0.25, 0.3) is 11.5 Å². The van der Waals surface area contributed by atoms with Gasteiger partial charge in [0.1, 0.15) is 5.69 Å². The van der Waals surface area contributed by atoms with Gasteiger partial charge in [-0.3, -0.25) is 4.98 Å². The number of unbranched alkanes of at least 4 members (excludes halogenated alkanes) is 5. The maximum Gasteiger partial charge on any atom is 0.200 e. The number of aromatic nitrogens is 5. The van der Waals surface area contributed by atoms with Gasteiger partial charge in [-0.25, -0.2) is 4.68 Å². The average Bonchev–Trinajstić information content (AvgIpc) is 2.96. The normalized spacial score (nSPS) is 10.8. The zero-order chi connectivity index (χ0) is 14.0. The molecule has 0 bridgehead atoms. The molecule has 0 fully saturated rings. The van der Waals surface area contributed by atoms with E-state index >= 15 is 0 Å². The molecule has 0 aliphatic rings. The zero-order valence-electron chi connectivity index (χ0n) is 11.6. The van der Waals surface area contributed by atoms with Gasteiger partial charge in [0.2, 0.25) is 5.82 Å². The number of hydrogen-bond acceptors (Lipinski definition) is 4. The Morgan fingerprint density at radius 3 is 2.55 bits per heavy atom. The van der Waals surface area contributed by atoms with E-state index in [0.29, 0.717) is 0 Å². The van der Waals surface area contributed by atoms with Crippen molar-refractivity contribution in [3.05, 3.63) is 24.4 Å². The van der Waals surface area contributed by atoms with Crippen molar-refractivity contribution in [2.24, 2.45) is 0 Å². The van der Waals surface area contributed by atoms with Crippen molar-refractivity contribution in [3.63, 3.8) is 0 Å². The largest absolute Gasteiger partial charge is 0.253 e. The van der Waals surface area contributed by atoms with Crippen LogP contribution in [-0.2, 0) is 6.54 Å². The first-order valence-electron chi connectivity index (χ1n) is 7.15. The second kappa shape index (κ2) is 8.79. The van der Waals surface area contributed by atoms with E-state index in [1.54, 1.807) is 6.20 Å². The second-order valence-electron chi connectivity index (χ2n) is 4.75. The lowest BCUT2D eigenvalue weighted by Gasteiger charge is -2.04. The Kier molecular flexibility index (Phi) is 6.63. The number of tetrazole rings is 1. The van der Waals surface area contributed by atoms with E-state index in [0.717, 1.165) is 29.8 Å². The standard InChI is InChI=1S/C14H20BrN5/c15-10-6-3-1-2-4-8-12-20-14(17-18-19-20)13-9-5-7-11-16-13/h5,7,9,11H,1-4,6,8,10,12H2. The van der Waals surface area contributed by atoms with Crippen LogP contribution in [0.1, 0.15) is 38.5 Å². The first-order valence-corrected chi connectivity index (χ1v) is 8.27. The van der Waals surface area contributed by atoms with Crippen LogP contribution in [0.15, 0.2) is 24.4 Å². The lowest BCUT2D eigenvalue weighted by molar-refractivity contribution is 0.519. The Morgan fingerprint density at radius 2 is 1.80 bits per heavy atom. The first kappa shape index (κ1) is 15.1. The van der Waals surface area contributed by atoms with E-state index < -0.39 is 0 Å². The highest BCUT2D eigenvalue weighted by atomic mass is 79.9. The average molecular weight is 338 g/mol. The van der Waals surface area contributed by atoms with Gasteiger partial charge < -0.3 is 0 Å². The maximum absolute atomic E-state index is 4.29. The SMILES string of the molecule is BrCCCCCCCCn1nnnc1-c1ccccn1. The number of halogens is 1. The van der Waals surface area contributed by atoms with Gasteiger partial charge in [-0.2, -0.15) is 0 Å².